The van der Waals surface area contributed by atoms with Gasteiger partial charge in [-0.25, -0.2) is 0 Å². The van der Waals surface area contributed by atoms with Gasteiger partial charge in [0.05, 0.1) is 13.2 Å². The predicted molar refractivity (Wildman–Crippen MR) is 65.5 cm³/mol. The minimum absolute atomic E-state index is 0.0645. The van der Waals surface area contributed by atoms with Crippen molar-refractivity contribution in [1.82, 2.24) is 0 Å². The Hall–Kier alpha value is -0.280. The zero-order chi connectivity index (χ0) is 14.3. The van der Waals surface area contributed by atoms with Crippen LogP contribution < -0.4 is 0 Å². The van der Waals surface area contributed by atoms with Crippen molar-refractivity contribution in [3.05, 3.63) is 0 Å². The third kappa shape index (κ3) is 5.31. The van der Waals surface area contributed by atoms with E-state index in [2.05, 4.69) is 0 Å². The lowest BCUT2D eigenvalue weighted by Gasteiger charge is -2.29. The highest BCUT2D eigenvalue weighted by Gasteiger charge is 2.41. The first-order valence-electron chi connectivity index (χ1n) is 6.17. The maximum Gasteiger partial charge on any atom is 0.163 e. The molecule has 0 saturated carbocycles. The maximum absolute atomic E-state index is 9.42. The van der Waals surface area contributed by atoms with Gasteiger partial charge in [-0.05, 0) is 13.8 Å². The molecule has 1 aliphatic heterocycles. The fraction of sp³-hybridized carbons (Fsp3) is 1.00. The molecular weight excluding hydrogens is 256 g/mol. The molecule has 1 rings (SSSR count). The van der Waals surface area contributed by atoms with E-state index in [1.54, 1.807) is 0 Å². The second kappa shape index (κ2) is 8.11. The van der Waals surface area contributed by atoms with Crippen molar-refractivity contribution in [3.8, 4) is 0 Å². The molecule has 1 N–H and O–H groups in total. The second-order valence-electron chi connectivity index (χ2n) is 4.70. The van der Waals surface area contributed by atoms with Gasteiger partial charge in [0.2, 0.25) is 0 Å². The van der Waals surface area contributed by atoms with E-state index in [1.165, 1.54) is 14.2 Å². The van der Waals surface area contributed by atoms with E-state index >= 15 is 0 Å². The van der Waals surface area contributed by atoms with E-state index < -0.39 is 18.0 Å². The average Bonchev–Trinajstić information content (AvgIpc) is 2.73. The van der Waals surface area contributed by atoms with Gasteiger partial charge in [-0.1, -0.05) is 0 Å². The summed E-state index contributed by atoms with van der Waals surface area (Å²) in [6.45, 7) is 3.95. The Morgan fingerprint density at radius 2 is 1.84 bits per heavy atom. The quantitative estimate of drug-likeness (QED) is 0.601. The van der Waals surface area contributed by atoms with Crippen LogP contribution in [0.3, 0.4) is 0 Å². The number of methoxy groups -OCH3 is 2. The monoisotopic (exact) mass is 280 g/mol. The van der Waals surface area contributed by atoms with Crippen LogP contribution in [0.5, 0.6) is 0 Å². The Balaban J connectivity index is 2.63. The first kappa shape index (κ1) is 16.8. The molecule has 1 saturated heterocycles. The normalized spacial score (nSPS) is 25.4. The zero-order valence-corrected chi connectivity index (χ0v) is 12.0. The Bertz CT molecular complexity index is 246. The molecule has 0 aromatic heterocycles. The van der Waals surface area contributed by atoms with Gasteiger partial charge >= 0.3 is 0 Å². The van der Waals surface area contributed by atoms with Gasteiger partial charge in [0, 0.05) is 14.2 Å². The van der Waals surface area contributed by atoms with Gasteiger partial charge < -0.3 is 33.5 Å². The summed E-state index contributed by atoms with van der Waals surface area (Å²) in [5, 5.41) is 9.42. The topological polar surface area (TPSA) is 75.6 Å². The summed E-state index contributed by atoms with van der Waals surface area (Å²) in [6.07, 6.45) is -1.40. The van der Waals surface area contributed by atoms with Gasteiger partial charge in [-0.3, -0.25) is 0 Å². The Labute approximate surface area is 113 Å². The first-order valence-corrected chi connectivity index (χ1v) is 6.17. The van der Waals surface area contributed by atoms with Crippen LogP contribution in [0, 0.1) is 0 Å². The van der Waals surface area contributed by atoms with Crippen molar-refractivity contribution in [1.29, 1.82) is 0 Å². The molecule has 0 unspecified atom stereocenters. The van der Waals surface area contributed by atoms with Crippen LogP contribution in [0.2, 0.25) is 0 Å². The van der Waals surface area contributed by atoms with E-state index in [9.17, 15) is 5.11 Å². The van der Waals surface area contributed by atoms with E-state index in [0.29, 0.717) is 6.61 Å². The van der Waals surface area contributed by atoms with Crippen LogP contribution in [0.15, 0.2) is 0 Å². The standard InChI is InChI=1S/C12H24O7/c1-12(2)18-6-10(19-12)11(17-8-15-4)9(5-13)16-7-14-3/h9-11,13H,5-8H2,1-4H3/t9-,10+,11-/m0/s1. The molecule has 7 nitrogen and oxygen atoms in total. The molecule has 0 aromatic carbocycles. The van der Waals surface area contributed by atoms with Crippen LogP contribution >= 0.6 is 0 Å². The summed E-state index contributed by atoms with van der Waals surface area (Å²) in [7, 11) is 3.04. The lowest BCUT2D eigenvalue weighted by molar-refractivity contribution is -0.211. The summed E-state index contributed by atoms with van der Waals surface area (Å²) in [5.41, 5.74) is 0. The molecule has 1 fully saturated rings. The minimum Gasteiger partial charge on any atom is -0.394 e. The Morgan fingerprint density at radius 1 is 1.21 bits per heavy atom. The van der Waals surface area contributed by atoms with E-state index in [0.717, 1.165) is 0 Å². The molecule has 0 aromatic rings. The first-order chi connectivity index (χ1) is 9.04. The minimum atomic E-state index is -0.666. The Morgan fingerprint density at radius 3 is 2.32 bits per heavy atom. The molecule has 0 amide bonds. The summed E-state index contributed by atoms with van der Waals surface area (Å²) in [6, 6.07) is 0. The molecule has 0 aliphatic carbocycles. The smallest absolute Gasteiger partial charge is 0.163 e. The molecule has 19 heavy (non-hydrogen) atoms. The van der Waals surface area contributed by atoms with Crippen LogP contribution in [-0.2, 0) is 28.4 Å². The molecule has 3 atom stereocenters. The van der Waals surface area contributed by atoms with E-state index in [1.807, 2.05) is 13.8 Å². The van der Waals surface area contributed by atoms with Crippen molar-refractivity contribution in [2.75, 3.05) is 41.0 Å². The van der Waals surface area contributed by atoms with Crippen LogP contribution in [0.25, 0.3) is 0 Å². The number of hydrogen-bond donors (Lipinski definition) is 1. The molecule has 1 heterocycles. The third-order valence-corrected chi connectivity index (χ3v) is 2.72. The van der Waals surface area contributed by atoms with Gasteiger partial charge in [0.25, 0.3) is 0 Å². The lowest BCUT2D eigenvalue weighted by Crippen LogP contribution is -2.45. The zero-order valence-electron chi connectivity index (χ0n) is 12.0. The predicted octanol–water partition coefficient (Wildman–Crippen LogP) is 0.108. The van der Waals surface area contributed by atoms with E-state index in [4.69, 9.17) is 28.4 Å². The Kier molecular flexibility index (Phi) is 7.16. The van der Waals surface area contributed by atoms with Gasteiger partial charge in [-0.15, -0.1) is 0 Å². The van der Waals surface area contributed by atoms with Crippen molar-refractivity contribution in [2.24, 2.45) is 0 Å². The molecule has 1 aliphatic rings. The number of rotatable bonds is 9. The van der Waals surface area contributed by atoms with Gasteiger partial charge in [0.15, 0.2) is 5.79 Å². The average molecular weight is 280 g/mol. The summed E-state index contributed by atoms with van der Waals surface area (Å²) in [5.74, 6) is -0.666. The van der Waals surface area contributed by atoms with Crippen LogP contribution in [0.4, 0.5) is 0 Å². The maximum atomic E-state index is 9.42. The fourth-order valence-electron chi connectivity index (χ4n) is 1.88. The fourth-order valence-corrected chi connectivity index (χ4v) is 1.88. The number of aliphatic hydroxyl groups excluding tert-OH is 1. The summed E-state index contributed by atoms with van der Waals surface area (Å²) >= 11 is 0. The van der Waals surface area contributed by atoms with Crippen molar-refractivity contribution < 1.29 is 33.5 Å². The molecule has 7 heteroatoms. The molecule has 0 radical (unpaired) electrons. The summed E-state index contributed by atoms with van der Waals surface area (Å²) in [4.78, 5) is 0. The number of hydrogen-bond acceptors (Lipinski definition) is 7. The highest BCUT2D eigenvalue weighted by Crippen LogP contribution is 2.27. The van der Waals surface area contributed by atoms with Crippen molar-refractivity contribution >= 4 is 0 Å². The highest BCUT2D eigenvalue weighted by atomic mass is 16.8. The lowest BCUT2D eigenvalue weighted by atomic mass is 10.1. The van der Waals surface area contributed by atoms with Crippen molar-refractivity contribution in [3.63, 3.8) is 0 Å². The molecule has 0 spiro atoms. The van der Waals surface area contributed by atoms with Gasteiger partial charge in [-0.2, -0.15) is 0 Å². The van der Waals surface area contributed by atoms with Crippen molar-refractivity contribution in [2.45, 2.75) is 37.9 Å². The largest absolute Gasteiger partial charge is 0.394 e. The highest BCUT2D eigenvalue weighted by molar-refractivity contribution is 4.84. The SMILES string of the molecule is COCO[C@@H]([C@H](CO)OCOC)[C@H]1COC(C)(C)O1. The molecule has 114 valence electrons. The second-order valence-corrected chi connectivity index (χ2v) is 4.70. The molecule has 0 bridgehead atoms. The number of aliphatic hydroxyl groups is 1. The summed E-state index contributed by atoms with van der Waals surface area (Å²) < 4.78 is 31.9. The van der Waals surface area contributed by atoms with E-state index in [-0.39, 0.29) is 26.3 Å². The van der Waals surface area contributed by atoms with Crippen LogP contribution in [0.1, 0.15) is 13.8 Å². The number of ether oxygens (including phenoxy) is 6. The molecular formula is C12H24O7. The van der Waals surface area contributed by atoms with Crippen LogP contribution in [-0.4, -0.2) is 70.2 Å². The third-order valence-electron chi connectivity index (χ3n) is 2.72. The van der Waals surface area contributed by atoms with Gasteiger partial charge in [0.1, 0.15) is 31.9 Å².